The number of benzene rings is 1. The lowest BCUT2D eigenvalue weighted by Gasteiger charge is -2.29. The number of hydrogen-bond donors (Lipinski definition) is 1. The van der Waals surface area contributed by atoms with Crippen LogP contribution in [-0.2, 0) is 14.8 Å². The summed E-state index contributed by atoms with van der Waals surface area (Å²) in [4.78, 5) is 3.09. The number of morpholine rings is 1. The first-order chi connectivity index (χ1) is 11.0. The first-order valence-corrected chi connectivity index (χ1v) is 9.85. The second-order valence-electron chi connectivity index (χ2n) is 5.23. The second-order valence-corrected chi connectivity index (χ2v) is 8.84. The summed E-state index contributed by atoms with van der Waals surface area (Å²) in [7, 11) is -3.62. The third-order valence-electron chi connectivity index (χ3n) is 3.55. The number of hydrogen-bond acceptors (Lipinski definition) is 5. The molecule has 5 nitrogen and oxygen atoms in total. The molecule has 23 heavy (non-hydrogen) atoms. The van der Waals surface area contributed by atoms with Crippen molar-refractivity contribution in [2.24, 2.45) is 0 Å². The molecule has 1 saturated heterocycles. The molecule has 3 rings (SSSR count). The van der Waals surface area contributed by atoms with Crippen LogP contribution in [0.15, 0.2) is 34.5 Å². The Morgan fingerprint density at radius 2 is 1.96 bits per heavy atom. The van der Waals surface area contributed by atoms with E-state index in [-0.39, 0.29) is 4.21 Å². The van der Waals surface area contributed by atoms with E-state index in [1.54, 1.807) is 24.3 Å². The number of nitrogens with one attached hydrogen (secondary N) is 1. The molecule has 0 amide bonds. The van der Waals surface area contributed by atoms with Crippen LogP contribution in [0.5, 0.6) is 0 Å². The summed E-state index contributed by atoms with van der Waals surface area (Å²) in [6.07, 6.45) is 0. The molecule has 1 aromatic carbocycles. The molecule has 1 N–H and O–H groups in total. The van der Waals surface area contributed by atoms with Gasteiger partial charge in [0.15, 0.2) is 0 Å². The summed E-state index contributed by atoms with van der Waals surface area (Å²) >= 11 is 7.40. The fourth-order valence-corrected chi connectivity index (χ4v) is 4.94. The van der Waals surface area contributed by atoms with Crippen molar-refractivity contribution in [2.75, 3.05) is 35.9 Å². The number of anilines is 2. The molecule has 0 spiro atoms. The van der Waals surface area contributed by atoms with Crippen LogP contribution in [0.4, 0.5) is 11.4 Å². The molecule has 0 aliphatic carbocycles. The predicted molar refractivity (Wildman–Crippen MR) is 94.3 cm³/mol. The summed E-state index contributed by atoms with van der Waals surface area (Å²) in [5.74, 6) is 0. The Kier molecular flexibility index (Phi) is 4.82. The van der Waals surface area contributed by atoms with Crippen LogP contribution in [0.25, 0.3) is 0 Å². The molecule has 1 aliphatic rings. The van der Waals surface area contributed by atoms with Gasteiger partial charge in [-0.3, -0.25) is 4.72 Å². The highest BCUT2D eigenvalue weighted by atomic mass is 35.5. The normalized spacial score (nSPS) is 15.7. The van der Waals surface area contributed by atoms with Gasteiger partial charge < -0.3 is 9.64 Å². The van der Waals surface area contributed by atoms with Crippen molar-refractivity contribution in [3.8, 4) is 0 Å². The number of halogens is 1. The molecule has 0 saturated carbocycles. The van der Waals surface area contributed by atoms with E-state index in [9.17, 15) is 8.42 Å². The van der Waals surface area contributed by atoms with Crippen molar-refractivity contribution < 1.29 is 13.2 Å². The van der Waals surface area contributed by atoms with Gasteiger partial charge in [0.2, 0.25) is 0 Å². The molecular weight excluding hydrogens is 356 g/mol. The Labute approximate surface area is 144 Å². The second kappa shape index (κ2) is 6.68. The van der Waals surface area contributed by atoms with Crippen molar-refractivity contribution in [3.63, 3.8) is 0 Å². The molecule has 0 unspecified atom stereocenters. The summed E-state index contributed by atoms with van der Waals surface area (Å²) in [6, 6.07) is 8.75. The monoisotopic (exact) mass is 372 g/mol. The highest BCUT2D eigenvalue weighted by Gasteiger charge is 2.19. The van der Waals surface area contributed by atoms with Gasteiger partial charge >= 0.3 is 0 Å². The maximum Gasteiger partial charge on any atom is 0.271 e. The van der Waals surface area contributed by atoms with Crippen LogP contribution in [0, 0.1) is 6.92 Å². The van der Waals surface area contributed by atoms with Crippen LogP contribution in [0.3, 0.4) is 0 Å². The predicted octanol–water partition coefficient (Wildman–Crippen LogP) is 3.35. The maximum atomic E-state index is 12.5. The zero-order valence-electron chi connectivity index (χ0n) is 12.6. The van der Waals surface area contributed by atoms with Crippen molar-refractivity contribution in [2.45, 2.75) is 11.1 Å². The fourth-order valence-electron chi connectivity index (χ4n) is 2.36. The van der Waals surface area contributed by atoms with Crippen LogP contribution in [0.2, 0.25) is 5.02 Å². The molecular formula is C15H17ClN2O3S2. The SMILES string of the molecule is Cc1ccc(S(=O)(=O)Nc2cc(N3CCOCC3)ccc2Cl)s1. The highest BCUT2D eigenvalue weighted by Crippen LogP contribution is 2.31. The minimum atomic E-state index is -3.62. The smallest absolute Gasteiger partial charge is 0.271 e. The van der Waals surface area contributed by atoms with Gasteiger partial charge in [-0.15, -0.1) is 11.3 Å². The van der Waals surface area contributed by atoms with E-state index in [1.807, 2.05) is 13.0 Å². The first kappa shape index (κ1) is 16.6. The number of rotatable bonds is 4. The Balaban J connectivity index is 1.87. The zero-order valence-corrected chi connectivity index (χ0v) is 15.0. The van der Waals surface area contributed by atoms with Gasteiger partial charge in [0.05, 0.1) is 23.9 Å². The fraction of sp³-hybridized carbons (Fsp3) is 0.333. The Bertz CT molecular complexity index is 799. The Hall–Kier alpha value is -1.28. The first-order valence-electron chi connectivity index (χ1n) is 7.17. The van der Waals surface area contributed by atoms with Gasteiger partial charge in [0.1, 0.15) is 4.21 Å². The van der Waals surface area contributed by atoms with E-state index >= 15 is 0 Å². The maximum absolute atomic E-state index is 12.5. The summed E-state index contributed by atoms with van der Waals surface area (Å²) in [5.41, 5.74) is 1.32. The Morgan fingerprint density at radius 3 is 2.61 bits per heavy atom. The van der Waals surface area contributed by atoms with Crippen LogP contribution < -0.4 is 9.62 Å². The summed E-state index contributed by atoms with van der Waals surface area (Å²) in [6.45, 7) is 4.75. The minimum absolute atomic E-state index is 0.280. The number of nitrogens with zero attached hydrogens (tertiary/aromatic N) is 1. The van der Waals surface area contributed by atoms with E-state index in [1.165, 1.54) is 11.3 Å². The summed E-state index contributed by atoms with van der Waals surface area (Å²) in [5, 5.41) is 0.374. The van der Waals surface area contributed by atoms with Crippen molar-refractivity contribution in [1.29, 1.82) is 0 Å². The van der Waals surface area contributed by atoms with Gasteiger partial charge in [0.25, 0.3) is 10.0 Å². The Morgan fingerprint density at radius 1 is 1.22 bits per heavy atom. The van der Waals surface area contributed by atoms with Crippen LogP contribution in [-0.4, -0.2) is 34.7 Å². The van der Waals surface area contributed by atoms with Gasteiger partial charge in [-0.25, -0.2) is 8.42 Å². The minimum Gasteiger partial charge on any atom is -0.378 e. The van der Waals surface area contributed by atoms with Gasteiger partial charge in [0, 0.05) is 23.7 Å². The lowest BCUT2D eigenvalue weighted by atomic mass is 10.2. The van der Waals surface area contributed by atoms with Crippen molar-refractivity contribution in [1.82, 2.24) is 0 Å². The molecule has 0 atom stereocenters. The largest absolute Gasteiger partial charge is 0.378 e. The van der Waals surface area contributed by atoms with Gasteiger partial charge in [-0.2, -0.15) is 0 Å². The number of thiophene rings is 1. The van der Waals surface area contributed by atoms with Crippen molar-refractivity contribution >= 4 is 44.3 Å². The summed E-state index contributed by atoms with van der Waals surface area (Å²) < 4.78 is 33.1. The standard InChI is InChI=1S/C15H17ClN2O3S2/c1-11-2-5-15(22-11)23(19,20)17-14-10-12(3-4-13(14)16)18-6-8-21-9-7-18/h2-5,10,17H,6-9H2,1H3. The van der Waals surface area contributed by atoms with E-state index in [0.29, 0.717) is 23.9 Å². The third kappa shape index (κ3) is 3.80. The molecule has 2 aromatic rings. The number of sulfonamides is 1. The topological polar surface area (TPSA) is 58.6 Å². The molecule has 0 bridgehead atoms. The van der Waals surface area contributed by atoms with Crippen LogP contribution in [0.1, 0.15) is 4.88 Å². The van der Waals surface area contributed by atoms with Crippen LogP contribution >= 0.6 is 22.9 Å². The number of ether oxygens (including phenoxy) is 1. The average molecular weight is 373 g/mol. The molecule has 0 radical (unpaired) electrons. The average Bonchev–Trinajstić information content (AvgIpc) is 2.98. The lowest BCUT2D eigenvalue weighted by molar-refractivity contribution is 0.122. The molecule has 8 heteroatoms. The zero-order chi connectivity index (χ0) is 16.4. The van der Waals surface area contributed by atoms with E-state index in [0.717, 1.165) is 23.7 Å². The molecule has 124 valence electrons. The van der Waals surface area contributed by atoms with E-state index in [4.69, 9.17) is 16.3 Å². The highest BCUT2D eigenvalue weighted by molar-refractivity contribution is 7.94. The van der Waals surface area contributed by atoms with Gasteiger partial charge in [-0.1, -0.05) is 11.6 Å². The van der Waals surface area contributed by atoms with Gasteiger partial charge in [-0.05, 0) is 37.3 Å². The van der Waals surface area contributed by atoms with Crippen molar-refractivity contribution in [3.05, 3.63) is 40.2 Å². The van der Waals surface area contributed by atoms with E-state index < -0.39 is 10.0 Å². The molecule has 1 aliphatic heterocycles. The molecule has 1 aromatic heterocycles. The molecule has 1 fully saturated rings. The number of aryl methyl sites for hydroxylation is 1. The lowest BCUT2D eigenvalue weighted by Crippen LogP contribution is -2.36. The molecule has 2 heterocycles. The quantitative estimate of drug-likeness (QED) is 0.894. The third-order valence-corrected chi connectivity index (χ3v) is 6.74. The van der Waals surface area contributed by atoms with E-state index in [2.05, 4.69) is 9.62 Å².